The van der Waals surface area contributed by atoms with E-state index in [0.717, 1.165) is 12.0 Å². The summed E-state index contributed by atoms with van der Waals surface area (Å²) in [5, 5.41) is 7.98. The Morgan fingerprint density at radius 2 is 2.42 bits per heavy atom. The van der Waals surface area contributed by atoms with Crippen LogP contribution in [0, 0.1) is 0 Å². The summed E-state index contributed by atoms with van der Waals surface area (Å²) >= 11 is 7.05. The highest BCUT2D eigenvalue weighted by atomic mass is 35.5. The molecule has 2 aromatic rings. The molecule has 0 spiro atoms. The topological polar surface area (TPSA) is 69.0 Å². The molecule has 0 atom stereocenters. The molecule has 2 rings (SSSR count). The van der Waals surface area contributed by atoms with Crippen LogP contribution in [0.25, 0.3) is 0 Å². The van der Waals surface area contributed by atoms with Gasteiger partial charge >= 0.3 is 5.97 Å². The quantitative estimate of drug-likeness (QED) is 0.855. The SMILES string of the molecule is COC(=O)c1sc(NCCc2cnn(C)c2)nc1Cl. The van der Waals surface area contributed by atoms with Gasteiger partial charge in [0.05, 0.1) is 13.3 Å². The van der Waals surface area contributed by atoms with Gasteiger partial charge in [0, 0.05) is 19.8 Å². The molecule has 0 saturated carbocycles. The lowest BCUT2D eigenvalue weighted by atomic mass is 10.2. The molecule has 2 heterocycles. The minimum absolute atomic E-state index is 0.167. The summed E-state index contributed by atoms with van der Waals surface area (Å²) in [6.45, 7) is 0.691. The van der Waals surface area contributed by atoms with E-state index in [4.69, 9.17) is 11.6 Å². The second kappa shape index (κ2) is 6.03. The highest BCUT2D eigenvalue weighted by molar-refractivity contribution is 7.18. The first-order valence-electron chi connectivity index (χ1n) is 5.56. The lowest BCUT2D eigenvalue weighted by Crippen LogP contribution is -2.03. The van der Waals surface area contributed by atoms with Gasteiger partial charge in [-0.25, -0.2) is 9.78 Å². The summed E-state index contributed by atoms with van der Waals surface area (Å²) in [7, 11) is 3.19. The van der Waals surface area contributed by atoms with Crippen LogP contribution >= 0.6 is 22.9 Å². The van der Waals surface area contributed by atoms with E-state index in [1.165, 1.54) is 18.4 Å². The minimum atomic E-state index is -0.470. The Balaban J connectivity index is 1.91. The van der Waals surface area contributed by atoms with Crippen LogP contribution in [0.3, 0.4) is 0 Å². The molecule has 0 fully saturated rings. The van der Waals surface area contributed by atoms with E-state index < -0.39 is 5.97 Å². The third kappa shape index (κ3) is 3.45. The summed E-state index contributed by atoms with van der Waals surface area (Å²) in [5.74, 6) is -0.470. The number of carbonyl (C=O) groups excluding carboxylic acids is 1. The predicted octanol–water partition coefficient (Wildman–Crippen LogP) is 1.97. The maximum Gasteiger partial charge on any atom is 0.351 e. The van der Waals surface area contributed by atoms with Gasteiger partial charge in [-0.1, -0.05) is 22.9 Å². The van der Waals surface area contributed by atoms with Crippen LogP contribution < -0.4 is 5.32 Å². The van der Waals surface area contributed by atoms with E-state index >= 15 is 0 Å². The third-order valence-electron chi connectivity index (χ3n) is 2.40. The van der Waals surface area contributed by atoms with E-state index in [0.29, 0.717) is 16.6 Å². The van der Waals surface area contributed by atoms with Gasteiger partial charge in [-0.15, -0.1) is 0 Å². The van der Waals surface area contributed by atoms with Crippen molar-refractivity contribution in [2.45, 2.75) is 6.42 Å². The van der Waals surface area contributed by atoms with Crippen LogP contribution in [-0.4, -0.2) is 34.4 Å². The molecule has 0 unspecified atom stereocenters. The van der Waals surface area contributed by atoms with Gasteiger partial charge in [0.25, 0.3) is 0 Å². The molecule has 0 radical (unpaired) electrons. The van der Waals surface area contributed by atoms with Crippen molar-refractivity contribution in [1.29, 1.82) is 0 Å². The fourth-order valence-electron chi connectivity index (χ4n) is 1.51. The van der Waals surface area contributed by atoms with Crippen LogP contribution in [-0.2, 0) is 18.2 Å². The molecule has 0 aromatic carbocycles. The Labute approximate surface area is 119 Å². The number of nitrogens with zero attached hydrogens (tertiary/aromatic N) is 3. The summed E-state index contributed by atoms with van der Waals surface area (Å²) in [6, 6.07) is 0. The Hall–Kier alpha value is -1.60. The van der Waals surface area contributed by atoms with Crippen molar-refractivity contribution >= 4 is 34.0 Å². The molecular weight excluding hydrogens is 288 g/mol. The lowest BCUT2D eigenvalue weighted by molar-refractivity contribution is 0.0606. The van der Waals surface area contributed by atoms with Crippen molar-refractivity contribution in [3.63, 3.8) is 0 Å². The van der Waals surface area contributed by atoms with E-state index in [2.05, 4.69) is 20.1 Å². The van der Waals surface area contributed by atoms with Gasteiger partial charge in [0.15, 0.2) is 15.2 Å². The Morgan fingerprint density at radius 3 is 3.05 bits per heavy atom. The first kappa shape index (κ1) is 13.8. The highest BCUT2D eigenvalue weighted by Gasteiger charge is 2.16. The van der Waals surface area contributed by atoms with Crippen molar-refractivity contribution in [3.8, 4) is 0 Å². The molecule has 2 aromatic heterocycles. The van der Waals surface area contributed by atoms with Crippen LogP contribution in [0.2, 0.25) is 5.15 Å². The Kier molecular flexibility index (Phi) is 4.39. The van der Waals surface area contributed by atoms with E-state index in [-0.39, 0.29) is 5.15 Å². The first-order chi connectivity index (χ1) is 9.10. The molecule has 0 aliphatic rings. The van der Waals surface area contributed by atoms with Gasteiger partial charge in [-0.05, 0) is 12.0 Å². The maximum atomic E-state index is 11.4. The van der Waals surface area contributed by atoms with Gasteiger partial charge in [-0.2, -0.15) is 5.10 Å². The van der Waals surface area contributed by atoms with Crippen molar-refractivity contribution in [3.05, 3.63) is 28.0 Å². The fourth-order valence-corrected chi connectivity index (χ4v) is 2.64. The number of carbonyl (C=O) groups is 1. The Bertz CT molecular complexity index is 581. The van der Waals surface area contributed by atoms with E-state index in [1.807, 2.05) is 19.4 Å². The van der Waals surface area contributed by atoms with E-state index in [1.54, 1.807) is 4.68 Å². The molecule has 1 N–H and O–H groups in total. The molecule has 0 amide bonds. The number of rotatable bonds is 5. The highest BCUT2D eigenvalue weighted by Crippen LogP contribution is 2.27. The molecule has 0 saturated heterocycles. The van der Waals surface area contributed by atoms with Gasteiger partial charge < -0.3 is 10.1 Å². The average Bonchev–Trinajstić information content (AvgIpc) is 2.95. The zero-order valence-electron chi connectivity index (χ0n) is 10.5. The number of methoxy groups -OCH3 is 1. The van der Waals surface area contributed by atoms with Crippen molar-refractivity contribution in [2.75, 3.05) is 19.0 Å². The number of esters is 1. The number of anilines is 1. The molecule has 19 heavy (non-hydrogen) atoms. The number of halogens is 1. The molecule has 6 nitrogen and oxygen atoms in total. The lowest BCUT2D eigenvalue weighted by Gasteiger charge is -1.99. The third-order valence-corrected chi connectivity index (χ3v) is 3.78. The maximum absolute atomic E-state index is 11.4. The van der Waals surface area contributed by atoms with Crippen LogP contribution in [0.15, 0.2) is 12.4 Å². The predicted molar refractivity (Wildman–Crippen MR) is 73.9 cm³/mol. The molecule has 0 aliphatic heterocycles. The summed E-state index contributed by atoms with van der Waals surface area (Å²) < 4.78 is 6.37. The molecule has 102 valence electrons. The monoisotopic (exact) mass is 300 g/mol. The number of nitrogens with one attached hydrogen (secondary N) is 1. The first-order valence-corrected chi connectivity index (χ1v) is 6.75. The minimum Gasteiger partial charge on any atom is -0.465 e. The molecule has 0 aliphatic carbocycles. The zero-order valence-corrected chi connectivity index (χ0v) is 12.1. The van der Waals surface area contributed by atoms with E-state index in [9.17, 15) is 4.79 Å². The second-order valence-corrected chi connectivity index (χ2v) is 5.19. The van der Waals surface area contributed by atoms with Gasteiger partial charge in [0.2, 0.25) is 0 Å². The van der Waals surface area contributed by atoms with Crippen LogP contribution in [0.5, 0.6) is 0 Å². The summed E-state index contributed by atoms with van der Waals surface area (Å²) in [4.78, 5) is 15.8. The summed E-state index contributed by atoms with van der Waals surface area (Å²) in [5.41, 5.74) is 1.13. The number of thiazole rings is 1. The molecular formula is C11H13ClN4O2S. The Morgan fingerprint density at radius 1 is 1.63 bits per heavy atom. The normalized spacial score (nSPS) is 10.5. The van der Waals surface area contributed by atoms with Crippen LogP contribution in [0.1, 0.15) is 15.2 Å². The van der Waals surface area contributed by atoms with Crippen LogP contribution in [0.4, 0.5) is 5.13 Å². The van der Waals surface area contributed by atoms with Gasteiger partial charge in [0.1, 0.15) is 0 Å². The fraction of sp³-hybridized carbons (Fsp3) is 0.364. The average molecular weight is 301 g/mol. The number of ether oxygens (including phenoxy) is 1. The molecule has 8 heteroatoms. The number of aromatic nitrogens is 3. The zero-order chi connectivity index (χ0) is 13.8. The largest absolute Gasteiger partial charge is 0.465 e. The standard InChI is InChI=1S/C11H13ClN4O2S/c1-16-6-7(5-14-16)3-4-13-11-15-9(12)8(19-11)10(17)18-2/h5-6H,3-4H2,1-2H3,(H,13,15). The smallest absolute Gasteiger partial charge is 0.351 e. The molecule has 0 bridgehead atoms. The number of aryl methyl sites for hydroxylation is 1. The van der Waals surface area contributed by atoms with Crippen molar-refractivity contribution in [2.24, 2.45) is 7.05 Å². The van der Waals surface area contributed by atoms with Gasteiger partial charge in [-0.3, -0.25) is 4.68 Å². The summed E-state index contributed by atoms with van der Waals surface area (Å²) in [6.07, 6.45) is 4.59. The van der Waals surface area contributed by atoms with Crippen molar-refractivity contribution < 1.29 is 9.53 Å². The van der Waals surface area contributed by atoms with Crippen molar-refractivity contribution in [1.82, 2.24) is 14.8 Å². The second-order valence-electron chi connectivity index (χ2n) is 3.83. The number of hydrogen-bond donors (Lipinski definition) is 1. The number of hydrogen-bond acceptors (Lipinski definition) is 6.